The molecule has 152 valence electrons. The Morgan fingerprint density at radius 2 is 1.53 bits per heavy atom. The summed E-state index contributed by atoms with van der Waals surface area (Å²) in [5.74, 6) is 0.0690. The zero-order valence-electron chi connectivity index (χ0n) is 16.2. The first kappa shape index (κ1) is 20.2. The molecule has 6 heteroatoms. The number of nitrogens with zero attached hydrogens (tertiary/aromatic N) is 1. The zero-order valence-corrected chi connectivity index (χ0v) is 17.0. The Morgan fingerprint density at radius 1 is 0.867 bits per heavy atom. The van der Waals surface area contributed by atoms with Gasteiger partial charge in [-0.1, -0.05) is 78.5 Å². The Kier molecular flexibility index (Phi) is 6.14. The van der Waals surface area contributed by atoms with Gasteiger partial charge in [-0.2, -0.15) is 0 Å². The van der Waals surface area contributed by atoms with Gasteiger partial charge in [0.05, 0.1) is 11.8 Å². The number of para-hydroxylation sites is 1. The maximum atomic E-state index is 13.9. The summed E-state index contributed by atoms with van der Waals surface area (Å²) in [5, 5.41) is -0.738. The topological polar surface area (TPSA) is 46.6 Å². The summed E-state index contributed by atoms with van der Waals surface area (Å²) in [5.41, 5.74) is 2.19. The van der Waals surface area contributed by atoms with E-state index in [1.165, 1.54) is 11.0 Å². The van der Waals surface area contributed by atoms with E-state index in [0.29, 0.717) is 17.7 Å². The molecule has 0 N–H and O–H groups in total. The minimum Gasteiger partial charge on any atom is -0.489 e. The number of benzene rings is 3. The van der Waals surface area contributed by atoms with E-state index in [4.69, 9.17) is 4.74 Å². The lowest BCUT2D eigenvalue weighted by Crippen LogP contribution is -2.31. The number of halogens is 1. The van der Waals surface area contributed by atoms with Gasteiger partial charge in [0.1, 0.15) is 18.2 Å². The molecule has 4 rings (SSSR count). The standard InChI is InChI=1S/C24H20FNO3S/c25-20-12-6-4-11-19(20)16-29-21-13-7-5-10-18(21)14-22-23(27)26(24(28)30-22)15-17-8-2-1-3-9-17/h1-13,22H,14-16H2/t22-/m1/s1. The fourth-order valence-electron chi connectivity index (χ4n) is 3.32. The maximum absolute atomic E-state index is 13.9. The molecule has 0 aliphatic carbocycles. The Labute approximate surface area is 178 Å². The molecule has 1 saturated heterocycles. The second-order valence-corrected chi connectivity index (χ2v) is 8.13. The predicted octanol–water partition coefficient (Wildman–Crippen LogP) is 5.21. The van der Waals surface area contributed by atoms with Crippen molar-refractivity contribution in [1.82, 2.24) is 4.90 Å². The fraction of sp³-hybridized carbons (Fsp3) is 0.167. The maximum Gasteiger partial charge on any atom is 0.289 e. The van der Waals surface area contributed by atoms with Crippen LogP contribution in [0.2, 0.25) is 0 Å². The van der Waals surface area contributed by atoms with Gasteiger partial charge in [-0.05, 0) is 29.7 Å². The smallest absolute Gasteiger partial charge is 0.289 e. The molecular formula is C24H20FNO3S. The van der Waals surface area contributed by atoms with Crippen LogP contribution in [0.3, 0.4) is 0 Å². The summed E-state index contributed by atoms with van der Waals surface area (Å²) in [6, 6.07) is 23.3. The minimum atomic E-state index is -0.501. The molecule has 1 atom stereocenters. The highest BCUT2D eigenvalue weighted by molar-refractivity contribution is 8.15. The normalized spacial score (nSPS) is 16.2. The van der Waals surface area contributed by atoms with E-state index in [1.807, 2.05) is 48.5 Å². The minimum absolute atomic E-state index is 0.0918. The molecule has 0 unspecified atom stereocenters. The molecule has 0 bridgehead atoms. The van der Waals surface area contributed by atoms with Crippen molar-refractivity contribution in [3.8, 4) is 5.75 Å². The van der Waals surface area contributed by atoms with Crippen LogP contribution in [-0.4, -0.2) is 21.3 Å². The summed E-state index contributed by atoms with van der Waals surface area (Å²) in [6.07, 6.45) is 0.369. The van der Waals surface area contributed by atoms with Gasteiger partial charge < -0.3 is 4.74 Å². The van der Waals surface area contributed by atoms with Crippen molar-refractivity contribution in [3.05, 3.63) is 101 Å². The van der Waals surface area contributed by atoms with Crippen LogP contribution in [0.25, 0.3) is 0 Å². The Balaban J connectivity index is 1.45. The molecule has 0 radical (unpaired) electrons. The second-order valence-electron chi connectivity index (χ2n) is 6.97. The monoisotopic (exact) mass is 421 g/mol. The molecule has 3 aromatic rings. The van der Waals surface area contributed by atoms with Gasteiger partial charge >= 0.3 is 0 Å². The zero-order chi connectivity index (χ0) is 20.9. The summed E-state index contributed by atoms with van der Waals surface area (Å²) in [6.45, 7) is 0.363. The highest BCUT2D eigenvalue weighted by Gasteiger charge is 2.39. The quantitative estimate of drug-likeness (QED) is 0.525. The Hall–Kier alpha value is -3.12. The van der Waals surface area contributed by atoms with Gasteiger partial charge in [-0.15, -0.1) is 0 Å². The molecule has 1 fully saturated rings. The van der Waals surface area contributed by atoms with E-state index in [1.54, 1.807) is 24.3 Å². The summed E-state index contributed by atoms with van der Waals surface area (Å²) >= 11 is 1.04. The number of carbonyl (C=O) groups excluding carboxylic acids is 2. The molecule has 30 heavy (non-hydrogen) atoms. The highest BCUT2D eigenvalue weighted by Crippen LogP contribution is 2.33. The number of ether oxygens (including phenoxy) is 1. The Morgan fingerprint density at radius 3 is 2.30 bits per heavy atom. The average molecular weight is 421 g/mol. The third-order valence-electron chi connectivity index (χ3n) is 4.91. The van der Waals surface area contributed by atoms with Crippen LogP contribution in [-0.2, 0) is 24.4 Å². The van der Waals surface area contributed by atoms with Crippen molar-refractivity contribution >= 4 is 22.9 Å². The lowest BCUT2D eigenvalue weighted by Gasteiger charge is -2.15. The molecule has 1 heterocycles. The van der Waals surface area contributed by atoms with Gasteiger partial charge in [-0.3, -0.25) is 14.5 Å². The number of amides is 2. The molecule has 3 aromatic carbocycles. The van der Waals surface area contributed by atoms with Gasteiger partial charge in [-0.25, -0.2) is 4.39 Å². The SMILES string of the molecule is O=C1S[C@H](Cc2ccccc2OCc2ccccc2F)C(=O)N1Cc1ccccc1. The number of rotatable bonds is 7. The Bertz CT molecular complexity index is 1060. The molecule has 1 aliphatic rings. The average Bonchev–Trinajstić information content (AvgIpc) is 3.02. The molecule has 2 amide bonds. The van der Waals surface area contributed by atoms with E-state index in [-0.39, 0.29) is 30.1 Å². The molecule has 1 aliphatic heterocycles. The van der Waals surface area contributed by atoms with Crippen LogP contribution in [0.5, 0.6) is 5.75 Å². The number of carbonyl (C=O) groups is 2. The summed E-state index contributed by atoms with van der Waals surface area (Å²) < 4.78 is 19.7. The summed E-state index contributed by atoms with van der Waals surface area (Å²) in [4.78, 5) is 26.6. The molecule has 0 spiro atoms. The summed E-state index contributed by atoms with van der Waals surface area (Å²) in [7, 11) is 0. The van der Waals surface area contributed by atoms with Crippen molar-refractivity contribution < 1.29 is 18.7 Å². The lowest BCUT2D eigenvalue weighted by molar-refractivity contribution is -0.127. The van der Waals surface area contributed by atoms with E-state index < -0.39 is 5.25 Å². The largest absolute Gasteiger partial charge is 0.489 e. The first-order valence-electron chi connectivity index (χ1n) is 9.62. The van der Waals surface area contributed by atoms with Crippen molar-refractivity contribution in [2.75, 3.05) is 0 Å². The third-order valence-corrected chi connectivity index (χ3v) is 5.98. The van der Waals surface area contributed by atoms with Crippen LogP contribution in [0, 0.1) is 5.82 Å². The van der Waals surface area contributed by atoms with Crippen molar-refractivity contribution in [1.29, 1.82) is 0 Å². The molecule has 0 aromatic heterocycles. The number of imide groups is 1. The van der Waals surface area contributed by atoms with Gasteiger partial charge in [0.15, 0.2) is 0 Å². The molecular weight excluding hydrogens is 401 g/mol. The van der Waals surface area contributed by atoms with Crippen LogP contribution in [0.15, 0.2) is 78.9 Å². The van der Waals surface area contributed by atoms with E-state index in [2.05, 4.69) is 0 Å². The molecule has 4 nitrogen and oxygen atoms in total. The molecule has 0 saturated carbocycles. The van der Waals surface area contributed by atoms with Gasteiger partial charge in [0, 0.05) is 5.56 Å². The number of hydrogen-bond donors (Lipinski definition) is 0. The van der Waals surface area contributed by atoms with Crippen molar-refractivity contribution in [2.24, 2.45) is 0 Å². The van der Waals surface area contributed by atoms with Crippen molar-refractivity contribution in [3.63, 3.8) is 0 Å². The van der Waals surface area contributed by atoms with Crippen LogP contribution < -0.4 is 4.74 Å². The van der Waals surface area contributed by atoms with E-state index in [9.17, 15) is 14.0 Å². The fourth-order valence-corrected chi connectivity index (χ4v) is 4.34. The van der Waals surface area contributed by atoms with E-state index >= 15 is 0 Å². The number of thioether (sulfide) groups is 1. The van der Waals surface area contributed by atoms with E-state index in [0.717, 1.165) is 22.9 Å². The lowest BCUT2D eigenvalue weighted by atomic mass is 10.1. The second kappa shape index (κ2) is 9.13. The first-order chi connectivity index (χ1) is 14.6. The highest BCUT2D eigenvalue weighted by atomic mass is 32.2. The van der Waals surface area contributed by atoms with Crippen LogP contribution in [0.1, 0.15) is 16.7 Å². The van der Waals surface area contributed by atoms with Crippen LogP contribution in [0.4, 0.5) is 9.18 Å². The van der Waals surface area contributed by atoms with Gasteiger partial charge in [0.25, 0.3) is 5.24 Å². The van der Waals surface area contributed by atoms with Crippen LogP contribution >= 0.6 is 11.8 Å². The predicted molar refractivity (Wildman–Crippen MR) is 115 cm³/mol. The third kappa shape index (κ3) is 4.54. The van der Waals surface area contributed by atoms with Gasteiger partial charge in [0.2, 0.25) is 5.91 Å². The number of hydrogen-bond acceptors (Lipinski definition) is 4. The van der Waals surface area contributed by atoms with Crippen molar-refractivity contribution in [2.45, 2.75) is 24.8 Å². The first-order valence-corrected chi connectivity index (χ1v) is 10.5.